The van der Waals surface area contributed by atoms with E-state index in [1.165, 1.54) is 22.6 Å². The summed E-state index contributed by atoms with van der Waals surface area (Å²) in [5, 5.41) is 0. The van der Waals surface area contributed by atoms with Gasteiger partial charge in [-0.2, -0.15) is 0 Å². The van der Waals surface area contributed by atoms with Crippen LogP contribution in [0.1, 0.15) is 5.56 Å². The van der Waals surface area contributed by atoms with E-state index in [2.05, 4.69) is 0 Å². The van der Waals surface area contributed by atoms with Crippen molar-refractivity contribution >= 4 is 22.6 Å². The van der Waals surface area contributed by atoms with Crippen molar-refractivity contribution in [3.63, 3.8) is 0 Å². The summed E-state index contributed by atoms with van der Waals surface area (Å²) in [5.74, 6) is -9.43. The number of benzene rings is 1. The minimum atomic E-state index is -2.12. The third-order valence-corrected chi connectivity index (χ3v) is 2.20. The maximum Gasteiger partial charge on any atom is 0.200 e. The van der Waals surface area contributed by atoms with E-state index in [1.807, 2.05) is 0 Å². The van der Waals surface area contributed by atoms with Gasteiger partial charge >= 0.3 is 0 Å². The molecule has 0 fully saturated rings. The quantitative estimate of drug-likeness (QED) is 0.245. The Morgan fingerprint density at radius 1 is 0.692 bits per heavy atom. The summed E-state index contributed by atoms with van der Waals surface area (Å²) in [7, 11) is 0. The monoisotopic (exact) mass is 308 g/mol. The number of halogens is 6. The summed E-state index contributed by atoms with van der Waals surface area (Å²) in [4.78, 5) is 0. The summed E-state index contributed by atoms with van der Waals surface area (Å²) in [6.45, 7) is 0. The minimum absolute atomic E-state index is 0.274. The number of rotatable bonds is 1. The smallest absolute Gasteiger partial charge is 0.200 e. The molecule has 0 unspecified atom stereocenters. The van der Waals surface area contributed by atoms with Crippen LogP contribution in [-0.2, 0) is 4.43 Å². The summed E-state index contributed by atoms with van der Waals surface area (Å²) in [5.41, 5.74) is -0.794. The highest BCUT2D eigenvalue weighted by atomic mass is 127. The molecule has 13 heavy (non-hydrogen) atoms. The highest BCUT2D eigenvalue weighted by Crippen LogP contribution is 2.24. The number of hydrogen-bond acceptors (Lipinski definition) is 0. The highest BCUT2D eigenvalue weighted by molar-refractivity contribution is 14.1. The Morgan fingerprint density at radius 2 is 1.00 bits per heavy atom. The Kier molecular flexibility index (Phi) is 3.09. The van der Waals surface area contributed by atoms with E-state index in [9.17, 15) is 22.0 Å². The van der Waals surface area contributed by atoms with Gasteiger partial charge in [-0.3, -0.25) is 0 Å². The lowest BCUT2D eigenvalue weighted by molar-refractivity contribution is 0.373. The standard InChI is InChI=1S/C7H2F5I/c8-3-2(1-13)4(9)6(11)7(12)5(3)10/h1H2. The second-order valence-corrected chi connectivity index (χ2v) is 2.94. The zero-order valence-electron chi connectivity index (χ0n) is 5.97. The zero-order chi connectivity index (χ0) is 10.2. The van der Waals surface area contributed by atoms with Crippen molar-refractivity contribution in [3.05, 3.63) is 34.6 Å². The van der Waals surface area contributed by atoms with Crippen LogP contribution in [0.4, 0.5) is 22.0 Å². The fourth-order valence-electron chi connectivity index (χ4n) is 0.768. The molecule has 1 rings (SSSR count). The first-order chi connectivity index (χ1) is 6.00. The van der Waals surface area contributed by atoms with Gasteiger partial charge in [0.1, 0.15) is 0 Å². The van der Waals surface area contributed by atoms with Crippen LogP contribution in [0.2, 0.25) is 0 Å². The Balaban J connectivity index is 3.56. The van der Waals surface area contributed by atoms with Crippen molar-refractivity contribution in [2.24, 2.45) is 0 Å². The van der Waals surface area contributed by atoms with Crippen molar-refractivity contribution < 1.29 is 22.0 Å². The molecule has 0 nitrogen and oxygen atoms in total. The zero-order valence-corrected chi connectivity index (χ0v) is 8.13. The van der Waals surface area contributed by atoms with Crippen LogP contribution in [0.5, 0.6) is 0 Å². The lowest BCUT2D eigenvalue weighted by Crippen LogP contribution is -2.05. The van der Waals surface area contributed by atoms with Gasteiger partial charge in [0, 0.05) is 9.99 Å². The Bertz CT molecular complexity index is 320. The first kappa shape index (κ1) is 10.7. The third kappa shape index (κ3) is 1.63. The first-order valence-electron chi connectivity index (χ1n) is 3.07. The molecule has 1 aromatic rings. The lowest BCUT2D eigenvalue weighted by atomic mass is 10.2. The molecule has 0 amide bonds. The molecule has 0 aromatic heterocycles. The van der Waals surface area contributed by atoms with Gasteiger partial charge in [0.15, 0.2) is 23.3 Å². The van der Waals surface area contributed by atoms with E-state index in [4.69, 9.17) is 0 Å². The largest absolute Gasteiger partial charge is 0.203 e. The van der Waals surface area contributed by atoms with Crippen LogP contribution >= 0.6 is 22.6 Å². The molecular formula is C7H2F5I. The predicted molar refractivity (Wildman–Crippen MR) is 44.0 cm³/mol. The Morgan fingerprint density at radius 3 is 1.31 bits per heavy atom. The molecule has 72 valence electrons. The summed E-state index contributed by atoms with van der Waals surface area (Å²) in [6.07, 6.45) is 0. The van der Waals surface area contributed by atoms with E-state index < -0.39 is 34.6 Å². The van der Waals surface area contributed by atoms with Gasteiger partial charge in [-0.25, -0.2) is 22.0 Å². The van der Waals surface area contributed by atoms with Gasteiger partial charge in [-0.1, -0.05) is 22.6 Å². The molecule has 0 bridgehead atoms. The second-order valence-electron chi connectivity index (χ2n) is 2.18. The van der Waals surface area contributed by atoms with Crippen molar-refractivity contribution in [1.82, 2.24) is 0 Å². The molecule has 0 spiro atoms. The summed E-state index contributed by atoms with van der Waals surface area (Å²) in [6, 6.07) is 0. The summed E-state index contributed by atoms with van der Waals surface area (Å²) >= 11 is 1.51. The SMILES string of the molecule is Fc1c(F)c(F)c(CI)c(F)c1F. The lowest BCUT2D eigenvalue weighted by Gasteiger charge is -2.04. The average Bonchev–Trinajstić information content (AvgIpc) is 2.13. The molecule has 0 aliphatic rings. The van der Waals surface area contributed by atoms with Crippen molar-refractivity contribution in [2.75, 3.05) is 0 Å². The molecule has 6 heteroatoms. The fourth-order valence-corrected chi connectivity index (χ4v) is 1.44. The van der Waals surface area contributed by atoms with Crippen molar-refractivity contribution in [3.8, 4) is 0 Å². The van der Waals surface area contributed by atoms with Crippen LogP contribution in [-0.4, -0.2) is 0 Å². The van der Waals surface area contributed by atoms with Gasteiger partial charge in [-0.15, -0.1) is 0 Å². The van der Waals surface area contributed by atoms with Gasteiger partial charge in [0.25, 0.3) is 0 Å². The molecule has 0 aliphatic heterocycles. The molecule has 0 radical (unpaired) electrons. The molecule has 1 aromatic carbocycles. The van der Waals surface area contributed by atoms with Crippen LogP contribution in [0.25, 0.3) is 0 Å². The van der Waals surface area contributed by atoms with Crippen LogP contribution in [0.15, 0.2) is 0 Å². The number of hydrogen-bond donors (Lipinski definition) is 0. The van der Waals surface area contributed by atoms with Gasteiger partial charge < -0.3 is 0 Å². The van der Waals surface area contributed by atoms with Gasteiger partial charge in [0.2, 0.25) is 5.82 Å². The van der Waals surface area contributed by atoms with Crippen molar-refractivity contribution in [2.45, 2.75) is 4.43 Å². The molecule has 0 saturated carbocycles. The third-order valence-electron chi connectivity index (χ3n) is 1.43. The van der Waals surface area contributed by atoms with Crippen molar-refractivity contribution in [1.29, 1.82) is 0 Å². The maximum atomic E-state index is 12.7. The van der Waals surface area contributed by atoms with E-state index in [0.717, 1.165) is 0 Å². The second kappa shape index (κ2) is 3.77. The van der Waals surface area contributed by atoms with E-state index in [0.29, 0.717) is 0 Å². The topological polar surface area (TPSA) is 0 Å². The van der Waals surface area contributed by atoms with E-state index >= 15 is 0 Å². The molecule has 0 atom stereocenters. The van der Waals surface area contributed by atoms with E-state index in [1.54, 1.807) is 0 Å². The van der Waals surface area contributed by atoms with E-state index in [-0.39, 0.29) is 4.43 Å². The molecule has 0 saturated heterocycles. The fraction of sp³-hybridized carbons (Fsp3) is 0.143. The van der Waals surface area contributed by atoms with Crippen LogP contribution in [0.3, 0.4) is 0 Å². The Hall–Kier alpha value is -0.400. The highest BCUT2D eigenvalue weighted by Gasteiger charge is 2.24. The first-order valence-corrected chi connectivity index (χ1v) is 4.59. The minimum Gasteiger partial charge on any atom is -0.203 e. The normalized spacial score (nSPS) is 10.6. The molecule has 0 N–H and O–H groups in total. The van der Waals surface area contributed by atoms with Gasteiger partial charge in [0.05, 0.1) is 0 Å². The molecule has 0 aliphatic carbocycles. The van der Waals surface area contributed by atoms with Crippen LogP contribution < -0.4 is 0 Å². The number of alkyl halides is 1. The molecular weight excluding hydrogens is 306 g/mol. The maximum absolute atomic E-state index is 12.7. The van der Waals surface area contributed by atoms with Crippen LogP contribution in [0, 0.1) is 29.1 Å². The summed E-state index contributed by atoms with van der Waals surface area (Å²) < 4.78 is 62.3. The van der Waals surface area contributed by atoms with Gasteiger partial charge in [-0.05, 0) is 0 Å². The predicted octanol–water partition coefficient (Wildman–Crippen LogP) is 3.32. The Labute approximate surface area is 83.9 Å². The average molecular weight is 308 g/mol. The molecule has 0 heterocycles.